The van der Waals surface area contributed by atoms with Crippen molar-refractivity contribution in [1.82, 2.24) is 4.57 Å². The number of carbonyl (C=O) groups is 1. The van der Waals surface area contributed by atoms with Crippen LogP contribution in [0.1, 0.15) is 60.9 Å². The molecule has 1 saturated carbocycles. The van der Waals surface area contributed by atoms with Crippen LogP contribution in [0.5, 0.6) is 11.5 Å². The first-order chi connectivity index (χ1) is 12.5. The molecule has 3 rings (SSSR count). The number of carbonyl (C=O) groups excluding carboxylic acids is 1. The Bertz CT molecular complexity index is 893. The summed E-state index contributed by atoms with van der Waals surface area (Å²) in [6.45, 7) is 1.78. The van der Waals surface area contributed by atoms with E-state index < -0.39 is 11.5 Å². The monoisotopic (exact) mass is 359 g/mol. The number of aryl methyl sites for hydroxylation is 1. The molecule has 140 valence electrons. The van der Waals surface area contributed by atoms with Gasteiger partial charge in [0, 0.05) is 12.4 Å². The van der Waals surface area contributed by atoms with Crippen molar-refractivity contribution in [2.24, 2.45) is 7.05 Å². The summed E-state index contributed by atoms with van der Waals surface area (Å²) < 4.78 is 11.9. The maximum atomic E-state index is 12.6. The van der Waals surface area contributed by atoms with Crippen molar-refractivity contribution in [1.29, 1.82) is 0 Å². The summed E-state index contributed by atoms with van der Waals surface area (Å²) in [7, 11) is 3.20. The van der Waals surface area contributed by atoms with Crippen LogP contribution in [0, 0.1) is 0 Å². The van der Waals surface area contributed by atoms with Crippen LogP contribution in [0.3, 0.4) is 0 Å². The number of methoxy groups -OCH3 is 1. The Morgan fingerprint density at radius 2 is 1.96 bits per heavy atom. The van der Waals surface area contributed by atoms with Crippen molar-refractivity contribution in [3.63, 3.8) is 0 Å². The molecule has 0 aliphatic heterocycles. The third-order valence-corrected chi connectivity index (χ3v) is 5.24. The van der Waals surface area contributed by atoms with Crippen LogP contribution in [-0.2, 0) is 11.8 Å². The van der Waals surface area contributed by atoms with Crippen molar-refractivity contribution in [3.05, 3.63) is 33.6 Å². The highest BCUT2D eigenvalue weighted by atomic mass is 16.5. The third kappa shape index (κ3) is 3.04. The molecule has 1 heterocycles. The van der Waals surface area contributed by atoms with Crippen molar-refractivity contribution in [2.45, 2.75) is 44.9 Å². The Kier molecular flexibility index (Phi) is 5.20. The SMILES string of the molecule is CCOC(=O)c1c(O)c2cc(OC)c(C3CCCCC3)cc2n(C)c1=O. The quantitative estimate of drug-likeness (QED) is 0.846. The first-order valence-electron chi connectivity index (χ1n) is 9.10. The summed E-state index contributed by atoms with van der Waals surface area (Å²) in [6, 6.07) is 3.64. The van der Waals surface area contributed by atoms with Gasteiger partial charge in [0.05, 0.1) is 19.2 Å². The van der Waals surface area contributed by atoms with E-state index in [2.05, 4.69) is 0 Å². The molecule has 2 aromatic rings. The first-order valence-corrected chi connectivity index (χ1v) is 9.10. The largest absolute Gasteiger partial charge is 0.506 e. The van der Waals surface area contributed by atoms with Gasteiger partial charge in [0.1, 0.15) is 11.5 Å². The Labute approximate surface area is 152 Å². The lowest BCUT2D eigenvalue weighted by atomic mass is 9.83. The molecule has 1 aliphatic rings. The topological polar surface area (TPSA) is 77.8 Å². The minimum atomic E-state index is -0.817. The molecule has 1 fully saturated rings. The van der Waals surface area contributed by atoms with Crippen LogP contribution in [-0.4, -0.2) is 29.4 Å². The van der Waals surface area contributed by atoms with Gasteiger partial charge in [-0.05, 0) is 43.4 Å². The summed E-state index contributed by atoms with van der Waals surface area (Å²) in [5.74, 6) is -0.115. The smallest absolute Gasteiger partial charge is 0.347 e. The van der Waals surface area contributed by atoms with Crippen LogP contribution < -0.4 is 10.3 Å². The van der Waals surface area contributed by atoms with E-state index in [1.165, 1.54) is 23.8 Å². The highest BCUT2D eigenvalue weighted by molar-refractivity contribution is 6.00. The number of ether oxygens (including phenoxy) is 2. The maximum absolute atomic E-state index is 12.6. The molecule has 0 spiro atoms. The van der Waals surface area contributed by atoms with Crippen molar-refractivity contribution in [2.75, 3.05) is 13.7 Å². The minimum Gasteiger partial charge on any atom is -0.506 e. The van der Waals surface area contributed by atoms with Gasteiger partial charge in [-0.3, -0.25) is 4.79 Å². The molecule has 6 heteroatoms. The van der Waals surface area contributed by atoms with Gasteiger partial charge in [0.25, 0.3) is 5.56 Å². The number of benzene rings is 1. The van der Waals surface area contributed by atoms with Crippen LogP contribution in [0.15, 0.2) is 16.9 Å². The zero-order chi connectivity index (χ0) is 18.8. The molecular formula is C20H25NO5. The molecule has 6 nitrogen and oxygen atoms in total. The highest BCUT2D eigenvalue weighted by Crippen LogP contribution is 2.41. The number of pyridine rings is 1. The number of hydrogen-bond donors (Lipinski definition) is 1. The van der Waals surface area contributed by atoms with Crippen LogP contribution in [0.4, 0.5) is 0 Å². The van der Waals surface area contributed by atoms with E-state index in [-0.39, 0.29) is 17.9 Å². The van der Waals surface area contributed by atoms with Crippen molar-refractivity contribution >= 4 is 16.9 Å². The molecule has 1 N–H and O–H groups in total. The summed E-state index contributed by atoms with van der Waals surface area (Å²) in [5.41, 5.74) is 0.738. The predicted octanol–water partition coefficient (Wildman–Crippen LogP) is 3.48. The Hall–Kier alpha value is -2.50. The summed E-state index contributed by atoms with van der Waals surface area (Å²) in [4.78, 5) is 24.8. The lowest BCUT2D eigenvalue weighted by molar-refractivity contribution is 0.0520. The van der Waals surface area contributed by atoms with E-state index in [0.29, 0.717) is 22.6 Å². The maximum Gasteiger partial charge on any atom is 0.347 e. The number of aromatic nitrogens is 1. The van der Waals surface area contributed by atoms with E-state index in [1.54, 1.807) is 27.1 Å². The van der Waals surface area contributed by atoms with Gasteiger partial charge in [-0.2, -0.15) is 0 Å². The minimum absolute atomic E-state index is 0.128. The van der Waals surface area contributed by atoms with Gasteiger partial charge in [0.15, 0.2) is 5.56 Å². The standard InChI is InChI=1S/C20H25NO5/c1-4-26-20(24)17-18(22)14-11-16(25-3)13(12-8-6-5-7-9-12)10-15(14)21(2)19(17)23/h10-12,22H,4-9H2,1-3H3. The average Bonchev–Trinajstić information content (AvgIpc) is 2.66. The Morgan fingerprint density at radius 3 is 2.58 bits per heavy atom. The Balaban J connectivity index is 2.25. The predicted molar refractivity (Wildman–Crippen MR) is 99.2 cm³/mol. The average molecular weight is 359 g/mol. The van der Waals surface area contributed by atoms with E-state index in [0.717, 1.165) is 18.4 Å². The van der Waals surface area contributed by atoms with Gasteiger partial charge in [-0.1, -0.05) is 19.3 Å². The second-order valence-corrected chi connectivity index (χ2v) is 6.75. The zero-order valence-corrected chi connectivity index (χ0v) is 15.5. The number of hydrogen-bond acceptors (Lipinski definition) is 5. The molecular weight excluding hydrogens is 334 g/mol. The molecule has 0 unspecified atom stereocenters. The molecule has 0 amide bonds. The van der Waals surface area contributed by atoms with E-state index in [4.69, 9.17) is 9.47 Å². The fourth-order valence-corrected chi connectivity index (χ4v) is 3.86. The van der Waals surface area contributed by atoms with Gasteiger partial charge in [-0.15, -0.1) is 0 Å². The van der Waals surface area contributed by atoms with Gasteiger partial charge in [0.2, 0.25) is 0 Å². The molecule has 0 saturated heterocycles. The Morgan fingerprint density at radius 1 is 1.27 bits per heavy atom. The number of esters is 1. The number of fused-ring (bicyclic) bond motifs is 1. The lowest BCUT2D eigenvalue weighted by Crippen LogP contribution is -2.26. The second-order valence-electron chi connectivity index (χ2n) is 6.75. The molecule has 0 radical (unpaired) electrons. The second kappa shape index (κ2) is 7.40. The van der Waals surface area contributed by atoms with Gasteiger partial charge in [-0.25, -0.2) is 4.79 Å². The van der Waals surface area contributed by atoms with Gasteiger partial charge < -0.3 is 19.1 Å². The fourth-order valence-electron chi connectivity index (χ4n) is 3.86. The first kappa shape index (κ1) is 18.3. The van der Waals surface area contributed by atoms with E-state index in [1.807, 2.05) is 6.07 Å². The van der Waals surface area contributed by atoms with Crippen LogP contribution in [0.25, 0.3) is 10.9 Å². The summed E-state index contributed by atoms with van der Waals surface area (Å²) in [5, 5.41) is 11.0. The lowest BCUT2D eigenvalue weighted by Gasteiger charge is -2.25. The van der Waals surface area contributed by atoms with Gasteiger partial charge >= 0.3 is 5.97 Å². The normalized spacial score (nSPS) is 15.2. The zero-order valence-electron chi connectivity index (χ0n) is 15.5. The number of aromatic hydroxyl groups is 1. The van der Waals surface area contributed by atoms with E-state index >= 15 is 0 Å². The van der Waals surface area contributed by atoms with Crippen molar-refractivity contribution < 1.29 is 19.4 Å². The van der Waals surface area contributed by atoms with Crippen LogP contribution in [0.2, 0.25) is 0 Å². The molecule has 1 aliphatic carbocycles. The molecule has 1 aromatic carbocycles. The van der Waals surface area contributed by atoms with Crippen LogP contribution >= 0.6 is 0 Å². The number of rotatable bonds is 4. The summed E-state index contributed by atoms with van der Waals surface area (Å²) >= 11 is 0. The molecule has 26 heavy (non-hydrogen) atoms. The van der Waals surface area contributed by atoms with Crippen molar-refractivity contribution in [3.8, 4) is 11.5 Å². The number of nitrogens with zero attached hydrogens (tertiary/aromatic N) is 1. The summed E-state index contributed by atoms with van der Waals surface area (Å²) in [6.07, 6.45) is 5.77. The van der Waals surface area contributed by atoms with E-state index in [9.17, 15) is 14.7 Å². The molecule has 1 aromatic heterocycles. The third-order valence-electron chi connectivity index (χ3n) is 5.24. The molecule has 0 atom stereocenters. The molecule has 0 bridgehead atoms. The fraction of sp³-hybridized carbons (Fsp3) is 0.500. The highest BCUT2D eigenvalue weighted by Gasteiger charge is 2.25.